The summed E-state index contributed by atoms with van der Waals surface area (Å²) in [5.74, 6) is -2.33. The maximum Gasteiger partial charge on any atom is 0.355 e. The molecule has 29 heavy (non-hydrogen) atoms. The third-order valence-corrected chi connectivity index (χ3v) is 6.93. The van der Waals surface area contributed by atoms with E-state index >= 15 is 0 Å². The Morgan fingerprint density at radius 1 is 1.10 bits per heavy atom. The molecule has 3 aliphatic heterocycles. The Kier molecular flexibility index (Phi) is 4.38. The zero-order chi connectivity index (χ0) is 20.3. The molecule has 5 aliphatic rings. The number of hydroxylamine groups is 4. The Bertz CT molecular complexity index is 767. The van der Waals surface area contributed by atoms with Gasteiger partial charge in [-0.1, -0.05) is 25.5 Å². The molecule has 3 saturated heterocycles. The van der Waals surface area contributed by atoms with Crippen LogP contribution in [0, 0.1) is 23.7 Å². The smallest absolute Gasteiger partial charge is 0.328 e. The van der Waals surface area contributed by atoms with E-state index < -0.39 is 35.7 Å². The van der Waals surface area contributed by atoms with Gasteiger partial charge in [0.15, 0.2) is 0 Å². The quantitative estimate of drug-likeness (QED) is 0.376. The molecule has 0 spiro atoms. The highest BCUT2D eigenvalue weighted by Crippen LogP contribution is 2.52. The van der Waals surface area contributed by atoms with Crippen LogP contribution in [0.5, 0.6) is 0 Å². The second-order valence-electron chi connectivity index (χ2n) is 8.58. The minimum absolute atomic E-state index is 0.0505. The van der Waals surface area contributed by atoms with E-state index in [0.29, 0.717) is 31.1 Å². The molecule has 2 aliphatic carbocycles. The van der Waals surface area contributed by atoms with Crippen molar-refractivity contribution in [2.75, 3.05) is 13.2 Å². The van der Waals surface area contributed by atoms with Crippen molar-refractivity contribution in [1.82, 2.24) is 15.0 Å². The molecule has 6 atom stereocenters. The van der Waals surface area contributed by atoms with Crippen molar-refractivity contribution in [2.45, 2.75) is 51.1 Å². The van der Waals surface area contributed by atoms with Crippen LogP contribution in [0.3, 0.4) is 0 Å². The summed E-state index contributed by atoms with van der Waals surface area (Å²) in [5, 5.41) is 2.02. The molecule has 3 heterocycles. The molecule has 1 unspecified atom stereocenters. The van der Waals surface area contributed by atoms with Gasteiger partial charge in [0.2, 0.25) is 0 Å². The van der Waals surface area contributed by atoms with Crippen LogP contribution in [-0.4, -0.2) is 64.1 Å². The molecule has 4 amide bonds. The van der Waals surface area contributed by atoms with Crippen LogP contribution in [0.2, 0.25) is 0 Å². The fourth-order valence-electron chi connectivity index (χ4n) is 5.47. The number of urea groups is 1. The minimum Gasteiger partial charge on any atom is -0.328 e. The van der Waals surface area contributed by atoms with Crippen molar-refractivity contribution < 1.29 is 28.9 Å². The van der Waals surface area contributed by atoms with Crippen molar-refractivity contribution in [3.8, 4) is 0 Å². The predicted molar refractivity (Wildman–Crippen MR) is 97.3 cm³/mol. The average Bonchev–Trinajstić information content (AvgIpc) is 3.44. The van der Waals surface area contributed by atoms with E-state index in [9.17, 15) is 19.2 Å². The third kappa shape index (κ3) is 2.70. The molecule has 0 radical (unpaired) electrons. The Labute approximate surface area is 168 Å². The van der Waals surface area contributed by atoms with E-state index in [-0.39, 0.29) is 23.9 Å². The number of unbranched alkanes of at least 4 members (excludes halogenated alkanes) is 1. The number of amides is 4. The number of nitrogens with zero attached hydrogens (tertiary/aromatic N) is 3. The van der Waals surface area contributed by atoms with E-state index in [1.165, 1.54) is 9.96 Å². The Hall–Kier alpha value is -2.42. The molecule has 0 aromatic carbocycles. The van der Waals surface area contributed by atoms with Gasteiger partial charge in [0.25, 0.3) is 11.8 Å². The fourth-order valence-corrected chi connectivity index (χ4v) is 5.47. The van der Waals surface area contributed by atoms with Crippen molar-refractivity contribution in [1.29, 1.82) is 0 Å². The monoisotopic (exact) mass is 403 g/mol. The molecule has 0 aromatic heterocycles. The molecule has 5 rings (SSSR count). The molecule has 4 bridgehead atoms. The molecule has 0 N–H and O–H groups in total. The number of carbonyl (C=O) groups excluding carboxylic acids is 4. The van der Waals surface area contributed by atoms with Crippen LogP contribution >= 0.6 is 0 Å². The van der Waals surface area contributed by atoms with Crippen LogP contribution in [-0.2, 0) is 24.1 Å². The van der Waals surface area contributed by atoms with Crippen molar-refractivity contribution in [3.05, 3.63) is 12.2 Å². The normalized spacial score (nSPS) is 37.1. The van der Waals surface area contributed by atoms with Gasteiger partial charge in [-0.15, -0.1) is 5.06 Å². The third-order valence-electron chi connectivity index (χ3n) is 6.93. The van der Waals surface area contributed by atoms with Gasteiger partial charge in [-0.05, 0) is 37.5 Å². The van der Waals surface area contributed by atoms with Crippen LogP contribution in [0.1, 0.15) is 39.0 Å². The number of carbonyl (C=O) groups is 4. The lowest BCUT2D eigenvalue weighted by molar-refractivity contribution is -0.202. The summed E-state index contributed by atoms with van der Waals surface area (Å²) in [7, 11) is 0. The molecule has 9 nitrogen and oxygen atoms in total. The summed E-state index contributed by atoms with van der Waals surface area (Å²) in [6.07, 6.45) is 7.62. The lowest BCUT2D eigenvalue weighted by atomic mass is 9.85. The molecule has 9 heteroatoms. The lowest BCUT2D eigenvalue weighted by Gasteiger charge is -2.29. The maximum absolute atomic E-state index is 12.8. The second kappa shape index (κ2) is 6.83. The van der Waals surface area contributed by atoms with Crippen molar-refractivity contribution in [2.24, 2.45) is 23.7 Å². The van der Waals surface area contributed by atoms with Gasteiger partial charge >= 0.3 is 12.0 Å². The second-order valence-corrected chi connectivity index (χ2v) is 8.58. The van der Waals surface area contributed by atoms with Gasteiger partial charge in [0, 0.05) is 6.54 Å². The number of hydrogen-bond donors (Lipinski definition) is 0. The lowest BCUT2D eigenvalue weighted by Crippen LogP contribution is -2.48. The largest absolute Gasteiger partial charge is 0.355 e. The minimum atomic E-state index is -0.811. The summed E-state index contributed by atoms with van der Waals surface area (Å²) in [5.41, 5.74) is 0. The van der Waals surface area contributed by atoms with Crippen LogP contribution in [0.4, 0.5) is 4.79 Å². The molecule has 0 aromatic rings. The predicted octanol–water partition coefficient (Wildman–Crippen LogP) is 1.25. The first kappa shape index (κ1) is 18.6. The summed E-state index contributed by atoms with van der Waals surface area (Å²) >= 11 is 0. The SMILES string of the molecule is CCCCON1C(=O)N2C[C@@H]1CC[C@H]2C(=O)ON1C(=O)C2[C@@H](C1=O)[C@@H]1C=C[C@H]2C1. The van der Waals surface area contributed by atoms with E-state index in [2.05, 4.69) is 0 Å². The molecular formula is C20H25N3O6. The first-order valence-electron chi connectivity index (χ1n) is 10.5. The molecular weight excluding hydrogens is 378 g/mol. The average molecular weight is 403 g/mol. The Balaban J connectivity index is 1.25. The first-order valence-corrected chi connectivity index (χ1v) is 10.5. The highest BCUT2D eigenvalue weighted by atomic mass is 16.7. The zero-order valence-electron chi connectivity index (χ0n) is 16.4. The first-order chi connectivity index (χ1) is 14.0. The van der Waals surface area contributed by atoms with Crippen LogP contribution < -0.4 is 0 Å². The number of imide groups is 1. The fraction of sp³-hybridized carbons (Fsp3) is 0.700. The van der Waals surface area contributed by atoms with E-state index in [1.807, 2.05) is 19.1 Å². The van der Waals surface area contributed by atoms with E-state index in [4.69, 9.17) is 9.68 Å². The molecule has 156 valence electrons. The summed E-state index contributed by atoms with van der Waals surface area (Å²) in [6.45, 7) is 2.88. The van der Waals surface area contributed by atoms with E-state index in [0.717, 1.165) is 19.3 Å². The number of piperidine rings is 1. The van der Waals surface area contributed by atoms with Gasteiger partial charge in [-0.25, -0.2) is 9.59 Å². The summed E-state index contributed by atoms with van der Waals surface area (Å²) in [4.78, 5) is 63.2. The maximum atomic E-state index is 12.8. The van der Waals surface area contributed by atoms with Crippen molar-refractivity contribution in [3.63, 3.8) is 0 Å². The van der Waals surface area contributed by atoms with Gasteiger partial charge < -0.3 is 9.74 Å². The van der Waals surface area contributed by atoms with Gasteiger partial charge in [0.1, 0.15) is 6.04 Å². The standard InChI is InChI=1S/C20H25N3O6/c1-2-3-8-28-22-13-6-7-14(21(10-13)20(22)27)19(26)29-23-17(24)15-11-4-5-12(9-11)16(15)18(23)25/h4-5,11-16H,2-3,6-10H2,1H3/t11-,12+,13-,14-,15?,16-/m0/s1. The van der Waals surface area contributed by atoms with Gasteiger partial charge in [-0.3, -0.25) is 14.4 Å². The Morgan fingerprint density at radius 2 is 1.79 bits per heavy atom. The summed E-state index contributed by atoms with van der Waals surface area (Å²) < 4.78 is 0. The topological polar surface area (TPSA) is 96.5 Å². The number of hydrogen-bond acceptors (Lipinski definition) is 6. The number of fused-ring (bicyclic) bond motifs is 7. The molecule has 1 saturated carbocycles. The van der Waals surface area contributed by atoms with Crippen LogP contribution in [0.25, 0.3) is 0 Å². The van der Waals surface area contributed by atoms with Gasteiger partial charge in [-0.2, -0.15) is 5.06 Å². The van der Waals surface area contributed by atoms with Gasteiger partial charge in [0.05, 0.1) is 24.5 Å². The Morgan fingerprint density at radius 3 is 2.45 bits per heavy atom. The number of rotatable bonds is 6. The van der Waals surface area contributed by atoms with Crippen molar-refractivity contribution >= 4 is 23.8 Å². The van der Waals surface area contributed by atoms with E-state index in [1.54, 1.807) is 0 Å². The molecule has 4 fully saturated rings. The highest BCUT2D eigenvalue weighted by Gasteiger charge is 2.61. The summed E-state index contributed by atoms with van der Waals surface area (Å²) in [6, 6.07) is -1.25. The zero-order valence-corrected chi connectivity index (χ0v) is 16.4. The number of allylic oxidation sites excluding steroid dienone is 2. The van der Waals surface area contributed by atoms with Crippen LogP contribution in [0.15, 0.2) is 12.2 Å². The highest BCUT2D eigenvalue weighted by molar-refractivity contribution is 6.06.